The van der Waals surface area contributed by atoms with Gasteiger partial charge in [0.15, 0.2) is 10.4 Å². The number of imidazole rings is 1. The van der Waals surface area contributed by atoms with Crippen molar-refractivity contribution in [2.45, 2.75) is 0 Å². The maximum atomic E-state index is 6.22. The Kier molecular flexibility index (Phi) is 3.37. The molecule has 1 aromatic carbocycles. The number of aromatic nitrogens is 4. The molecule has 102 valence electrons. The highest BCUT2D eigenvalue weighted by molar-refractivity contribution is 7.71. The number of benzene rings is 1. The summed E-state index contributed by atoms with van der Waals surface area (Å²) in [5.74, 6) is 0.415. The number of fused-ring (bicyclic) bond motifs is 1. The van der Waals surface area contributed by atoms with E-state index in [4.69, 9.17) is 40.2 Å². The molecule has 0 aliphatic heterocycles. The van der Waals surface area contributed by atoms with Crippen molar-refractivity contribution in [1.29, 1.82) is 0 Å². The molecule has 0 fully saturated rings. The molecule has 0 aliphatic carbocycles. The summed E-state index contributed by atoms with van der Waals surface area (Å²) in [5, 5.41) is 1.07. The Balaban J connectivity index is 2.40. The summed E-state index contributed by atoms with van der Waals surface area (Å²) < 4.78 is 7.32. The number of rotatable bonds is 2. The quantitative estimate of drug-likeness (QED) is 0.728. The van der Waals surface area contributed by atoms with Gasteiger partial charge in [-0.2, -0.15) is 4.98 Å². The van der Waals surface area contributed by atoms with Gasteiger partial charge in [0.2, 0.25) is 5.88 Å². The fraction of sp³-hybridized carbons (Fsp3) is 0.0833. The second-order valence-corrected chi connectivity index (χ2v) is 5.17. The normalized spacial score (nSPS) is 10.9. The molecule has 1 N–H and O–H groups in total. The van der Waals surface area contributed by atoms with E-state index in [0.717, 1.165) is 0 Å². The molecule has 3 rings (SSSR count). The fourth-order valence-electron chi connectivity index (χ4n) is 1.93. The maximum absolute atomic E-state index is 6.22. The molecule has 2 heterocycles. The first-order valence-electron chi connectivity index (χ1n) is 5.57. The lowest BCUT2D eigenvalue weighted by Gasteiger charge is -2.07. The van der Waals surface area contributed by atoms with Crippen LogP contribution in [0.5, 0.6) is 5.88 Å². The fourth-order valence-corrected chi connectivity index (χ4v) is 2.59. The van der Waals surface area contributed by atoms with E-state index < -0.39 is 0 Å². The molecule has 8 heteroatoms. The molecule has 2 aromatic heterocycles. The number of hydrogen-bond acceptors (Lipinski definition) is 4. The van der Waals surface area contributed by atoms with Crippen LogP contribution in [0.1, 0.15) is 0 Å². The van der Waals surface area contributed by atoms with Crippen LogP contribution in [0.15, 0.2) is 24.5 Å². The molecule has 0 saturated carbocycles. The molecule has 0 radical (unpaired) electrons. The van der Waals surface area contributed by atoms with E-state index in [1.165, 1.54) is 13.4 Å². The lowest BCUT2D eigenvalue weighted by Crippen LogP contribution is -1.97. The molecule has 5 nitrogen and oxygen atoms in total. The molecule has 0 bridgehead atoms. The third-order valence-electron chi connectivity index (χ3n) is 2.78. The first kappa shape index (κ1) is 13.4. The van der Waals surface area contributed by atoms with Crippen LogP contribution in [0, 0.1) is 4.77 Å². The first-order chi connectivity index (χ1) is 9.61. The zero-order valence-corrected chi connectivity index (χ0v) is 12.6. The van der Waals surface area contributed by atoms with Crippen LogP contribution in [-0.2, 0) is 0 Å². The van der Waals surface area contributed by atoms with Crippen LogP contribution in [0.2, 0.25) is 10.0 Å². The Bertz CT molecular complexity index is 858. The summed E-state index contributed by atoms with van der Waals surface area (Å²) >= 11 is 17.6. The van der Waals surface area contributed by atoms with Gasteiger partial charge in [-0.25, -0.2) is 4.98 Å². The van der Waals surface area contributed by atoms with Crippen molar-refractivity contribution in [3.05, 3.63) is 39.3 Å². The van der Waals surface area contributed by atoms with E-state index in [0.29, 0.717) is 37.5 Å². The van der Waals surface area contributed by atoms with Gasteiger partial charge in [0.05, 0.1) is 17.8 Å². The van der Waals surface area contributed by atoms with Gasteiger partial charge in [0, 0.05) is 5.02 Å². The van der Waals surface area contributed by atoms with Crippen molar-refractivity contribution in [3.63, 3.8) is 0 Å². The van der Waals surface area contributed by atoms with Crippen LogP contribution < -0.4 is 4.74 Å². The van der Waals surface area contributed by atoms with E-state index in [1.54, 1.807) is 22.8 Å². The number of aromatic amines is 1. The van der Waals surface area contributed by atoms with Crippen LogP contribution in [0.3, 0.4) is 0 Å². The summed E-state index contributed by atoms with van der Waals surface area (Å²) in [6.45, 7) is 0. The number of methoxy groups -OCH3 is 1. The summed E-state index contributed by atoms with van der Waals surface area (Å²) in [6.07, 6.45) is 1.40. The summed E-state index contributed by atoms with van der Waals surface area (Å²) in [5.41, 5.74) is 1.83. The molecule has 0 amide bonds. The highest BCUT2D eigenvalue weighted by Crippen LogP contribution is 2.29. The smallest absolute Gasteiger partial charge is 0.242 e. The molecule has 0 atom stereocenters. The number of nitrogens with zero attached hydrogens (tertiary/aromatic N) is 3. The number of ether oxygens (including phenoxy) is 1. The predicted octanol–water partition coefficient (Wildman–Crippen LogP) is 3.79. The molecular formula is C12H8Cl2N4OS. The number of hydrogen-bond donors (Lipinski definition) is 1. The van der Waals surface area contributed by atoms with Gasteiger partial charge in [0.25, 0.3) is 0 Å². The molecular weight excluding hydrogens is 319 g/mol. The zero-order chi connectivity index (χ0) is 14.3. The minimum atomic E-state index is 0.415. The number of halogens is 2. The van der Waals surface area contributed by atoms with Gasteiger partial charge >= 0.3 is 0 Å². The lowest BCUT2D eigenvalue weighted by molar-refractivity contribution is 0.401. The van der Waals surface area contributed by atoms with Crippen LogP contribution in [0.25, 0.3) is 16.9 Å². The Morgan fingerprint density at radius 2 is 2.10 bits per heavy atom. The number of H-pyrrole nitrogens is 1. The second kappa shape index (κ2) is 5.05. The van der Waals surface area contributed by atoms with Gasteiger partial charge < -0.3 is 9.72 Å². The second-order valence-electron chi connectivity index (χ2n) is 3.94. The average molecular weight is 327 g/mol. The maximum Gasteiger partial charge on any atom is 0.242 e. The summed E-state index contributed by atoms with van der Waals surface area (Å²) in [6, 6.07) is 5.14. The minimum absolute atomic E-state index is 0.415. The Morgan fingerprint density at radius 1 is 1.30 bits per heavy atom. The third-order valence-corrected chi connectivity index (χ3v) is 3.62. The van der Waals surface area contributed by atoms with E-state index >= 15 is 0 Å². The Morgan fingerprint density at radius 3 is 2.85 bits per heavy atom. The molecule has 3 aromatic rings. The predicted molar refractivity (Wildman–Crippen MR) is 80.6 cm³/mol. The van der Waals surface area contributed by atoms with Crippen molar-refractivity contribution in [2.24, 2.45) is 0 Å². The van der Waals surface area contributed by atoms with E-state index in [-0.39, 0.29) is 0 Å². The van der Waals surface area contributed by atoms with E-state index in [1.807, 2.05) is 0 Å². The van der Waals surface area contributed by atoms with Crippen molar-refractivity contribution < 1.29 is 4.74 Å². The lowest BCUT2D eigenvalue weighted by atomic mass is 10.3. The largest absolute Gasteiger partial charge is 0.479 e. The highest BCUT2D eigenvalue weighted by Gasteiger charge is 2.15. The van der Waals surface area contributed by atoms with Crippen LogP contribution >= 0.6 is 35.4 Å². The van der Waals surface area contributed by atoms with E-state index in [2.05, 4.69) is 15.0 Å². The van der Waals surface area contributed by atoms with Crippen molar-refractivity contribution >= 4 is 46.6 Å². The van der Waals surface area contributed by atoms with Gasteiger partial charge in [-0.15, -0.1) is 0 Å². The van der Waals surface area contributed by atoms with Crippen molar-refractivity contribution in [2.75, 3.05) is 7.11 Å². The Hall–Kier alpha value is -1.63. The molecule has 0 spiro atoms. The van der Waals surface area contributed by atoms with Crippen molar-refractivity contribution in [1.82, 2.24) is 19.5 Å². The topological polar surface area (TPSA) is 55.7 Å². The van der Waals surface area contributed by atoms with Gasteiger partial charge in [-0.3, -0.25) is 4.57 Å². The summed E-state index contributed by atoms with van der Waals surface area (Å²) in [4.78, 5) is 11.3. The Labute approximate surface area is 129 Å². The van der Waals surface area contributed by atoms with E-state index in [9.17, 15) is 0 Å². The van der Waals surface area contributed by atoms with Gasteiger partial charge in [-0.1, -0.05) is 23.2 Å². The van der Waals surface area contributed by atoms with Gasteiger partial charge in [0.1, 0.15) is 11.8 Å². The van der Waals surface area contributed by atoms with Crippen LogP contribution in [0.4, 0.5) is 0 Å². The molecule has 0 saturated heterocycles. The number of nitrogens with one attached hydrogen (secondary N) is 1. The zero-order valence-electron chi connectivity index (χ0n) is 10.2. The molecule has 20 heavy (non-hydrogen) atoms. The first-order valence-corrected chi connectivity index (χ1v) is 6.73. The highest BCUT2D eigenvalue weighted by atomic mass is 35.5. The summed E-state index contributed by atoms with van der Waals surface area (Å²) in [7, 11) is 1.53. The monoisotopic (exact) mass is 326 g/mol. The standard InChI is InChI=1S/C12H8Cl2N4OS/c1-19-11-9-10(15-5-16-11)18(12(20)17-9)8-4-6(13)2-3-7(8)14/h2-5H,1H3,(H,17,20). The van der Waals surface area contributed by atoms with Gasteiger partial charge in [-0.05, 0) is 30.4 Å². The molecule has 0 unspecified atom stereocenters. The molecule has 0 aliphatic rings. The minimum Gasteiger partial charge on any atom is -0.479 e. The van der Waals surface area contributed by atoms with Crippen molar-refractivity contribution in [3.8, 4) is 11.6 Å². The average Bonchev–Trinajstić information content (AvgIpc) is 2.77. The SMILES string of the molecule is COc1ncnc2c1[nH]c(=S)n2-c1cc(Cl)ccc1Cl. The van der Waals surface area contributed by atoms with Crippen LogP contribution in [-0.4, -0.2) is 26.6 Å². The third kappa shape index (κ3) is 2.06.